The predicted octanol–water partition coefficient (Wildman–Crippen LogP) is 5.66. The molecule has 1 atom stereocenters. The Balaban J connectivity index is 2.60. The van der Waals surface area contributed by atoms with Gasteiger partial charge in [-0.05, 0) is 28.5 Å². The lowest BCUT2D eigenvalue weighted by atomic mass is 9.65. The Hall–Kier alpha value is -1.60. The van der Waals surface area contributed by atoms with E-state index in [1.54, 1.807) is 0 Å². The number of hydrogen-bond donors (Lipinski definition) is 1. The van der Waals surface area contributed by atoms with Gasteiger partial charge in [-0.15, -0.1) is 0 Å². The van der Waals surface area contributed by atoms with Crippen LogP contribution in [0.4, 0.5) is 0 Å². The first-order valence-electron chi connectivity index (χ1n) is 8.52. The maximum Gasteiger partial charge on any atom is 0.120 e. The van der Waals surface area contributed by atoms with Crippen LogP contribution in [-0.2, 0) is 11.0 Å². The molecule has 0 heterocycles. The maximum atomic E-state index is 11.8. The van der Waals surface area contributed by atoms with Gasteiger partial charge >= 0.3 is 0 Å². The van der Waals surface area contributed by atoms with E-state index >= 15 is 0 Å². The summed E-state index contributed by atoms with van der Waals surface area (Å²) in [6.45, 7) is 13.0. The molecule has 0 saturated heterocycles. The van der Waals surface area contributed by atoms with Crippen LogP contribution in [-0.4, -0.2) is 5.11 Å². The summed E-state index contributed by atoms with van der Waals surface area (Å²) in [5, 5.41) is 11.8. The van der Waals surface area contributed by atoms with Gasteiger partial charge < -0.3 is 5.11 Å². The van der Waals surface area contributed by atoms with E-state index in [9.17, 15) is 5.11 Å². The summed E-state index contributed by atoms with van der Waals surface area (Å²) in [6.07, 6.45) is 0.888. The Morgan fingerprint density at radius 3 is 1.57 bits per heavy atom. The molecular formula is C22H30O. The van der Waals surface area contributed by atoms with E-state index in [0.717, 1.165) is 17.5 Å². The highest BCUT2D eigenvalue weighted by atomic mass is 16.3. The van der Waals surface area contributed by atoms with Crippen molar-refractivity contribution in [3.8, 4) is 0 Å². The van der Waals surface area contributed by atoms with Crippen LogP contribution in [0.5, 0.6) is 0 Å². The Kier molecular flexibility index (Phi) is 4.73. The summed E-state index contributed by atoms with van der Waals surface area (Å²) >= 11 is 0. The van der Waals surface area contributed by atoms with Gasteiger partial charge in [-0.3, -0.25) is 0 Å². The third kappa shape index (κ3) is 3.21. The van der Waals surface area contributed by atoms with Crippen LogP contribution < -0.4 is 0 Å². The van der Waals surface area contributed by atoms with Crippen LogP contribution in [0.2, 0.25) is 0 Å². The summed E-state index contributed by atoms with van der Waals surface area (Å²) in [4.78, 5) is 0. The van der Waals surface area contributed by atoms with E-state index in [1.807, 2.05) is 30.3 Å². The quantitative estimate of drug-likeness (QED) is 0.773. The standard InChI is InChI=1S/C22H30O/c1-7-21(5,6)22(23,18-11-9-8-10-12-18)19-15-13-17(14-16-19)20(2,3)4/h8-16,23H,7H2,1-6H3. The molecular weight excluding hydrogens is 280 g/mol. The lowest BCUT2D eigenvalue weighted by Crippen LogP contribution is -2.42. The first-order valence-corrected chi connectivity index (χ1v) is 8.52. The largest absolute Gasteiger partial charge is 0.380 e. The number of benzene rings is 2. The van der Waals surface area contributed by atoms with Gasteiger partial charge in [-0.2, -0.15) is 0 Å². The molecule has 1 nitrogen and oxygen atoms in total. The molecule has 0 saturated carbocycles. The zero-order chi connectivity index (χ0) is 17.3. The van der Waals surface area contributed by atoms with Gasteiger partial charge in [0.1, 0.15) is 5.60 Å². The van der Waals surface area contributed by atoms with Crippen molar-refractivity contribution in [2.75, 3.05) is 0 Å². The van der Waals surface area contributed by atoms with Gasteiger partial charge in [0.2, 0.25) is 0 Å². The molecule has 0 radical (unpaired) electrons. The molecule has 1 N–H and O–H groups in total. The highest BCUT2D eigenvalue weighted by molar-refractivity contribution is 5.40. The Labute approximate surface area is 141 Å². The van der Waals surface area contributed by atoms with Crippen molar-refractivity contribution in [3.63, 3.8) is 0 Å². The molecule has 2 aromatic carbocycles. The average molecular weight is 310 g/mol. The van der Waals surface area contributed by atoms with Crippen LogP contribution in [0, 0.1) is 5.41 Å². The molecule has 2 rings (SSSR count). The van der Waals surface area contributed by atoms with Gasteiger partial charge in [-0.25, -0.2) is 0 Å². The number of aliphatic hydroxyl groups is 1. The van der Waals surface area contributed by atoms with Crippen LogP contribution in [0.1, 0.15) is 64.7 Å². The number of rotatable bonds is 4. The maximum absolute atomic E-state index is 11.8. The van der Waals surface area contributed by atoms with E-state index in [4.69, 9.17) is 0 Å². The van der Waals surface area contributed by atoms with Gasteiger partial charge in [0.05, 0.1) is 0 Å². The van der Waals surface area contributed by atoms with Crippen LogP contribution in [0.25, 0.3) is 0 Å². The zero-order valence-corrected chi connectivity index (χ0v) is 15.4. The highest BCUT2D eigenvalue weighted by Gasteiger charge is 2.45. The fourth-order valence-electron chi connectivity index (χ4n) is 3.09. The number of hydrogen-bond acceptors (Lipinski definition) is 1. The van der Waals surface area contributed by atoms with Crippen molar-refractivity contribution in [1.82, 2.24) is 0 Å². The lowest BCUT2D eigenvalue weighted by molar-refractivity contribution is -0.0389. The highest BCUT2D eigenvalue weighted by Crippen LogP contribution is 2.47. The van der Waals surface area contributed by atoms with Crippen molar-refractivity contribution >= 4 is 0 Å². The Bertz CT molecular complexity index is 632. The topological polar surface area (TPSA) is 20.2 Å². The molecule has 1 heteroatoms. The van der Waals surface area contributed by atoms with E-state index < -0.39 is 5.60 Å². The van der Waals surface area contributed by atoms with E-state index in [1.165, 1.54) is 5.56 Å². The second-order valence-corrected chi connectivity index (χ2v) is 8.14. The Morgan fingerprint density at radius 2 is 1.13 bits per heavy atom. The monoisotopic (exact) mass is 310 g/mol. The fourth-order valence-corrected chi connectivity index (χ4v) is 3.09. The molecule has 0 amide bonds. The minimum atomic E-state index is -1.00. The SMILES string of the molecule is CCC(C)(C)C(O)(c1ccccc1)c1ccc(C(C)(C)C)cc1. The molecule has 23 heavy (non-hydrogen) atoms. The molecule has 0 aliphatic carbocycles. The molecule has 124 valence electrons. The van der Waals surface area contributed by atoms with Gasteiger partial charge in [-0.1, -0.05) is 96.1 Å². The molecule has 0 spiro atoms. The normalized spacial score (nSPS) is 15.3. The van der Waals surface area contributed by atoms with E-state index in [0.29, 0.717) is 0 Å². The minimum Gasteiger partial charge on any atom is -0.380 e. The van der Waals surface area contributed by atoms with Gasteiger partial charge in [0.25, 0.3) is 0 Å². The third-order valence-corrected chi connectivity index (χ3v) is 5.22. The van der Waals surface area contributed by atoms with Crippen molar-refractivity contribution in [2.24, 2.45) is 5.41 Å². The first-order chi connectivity index (χ1) is 10.6. The summed E-state index contributed by atoms with van der Waals surface area (Å²) in [5.74, 6) is 0. The molecule has 0 aliphatic rings. The molecule has 0 fully saturated rings. The lowest BCUT2D eigenvalue weighted by Gasteiger charge is -2.43. The van der Waals surface area contributed by atoms with Crippen molar-refractivity contribution < 1.29 is 5.11 Å². The van der Waals surface area contributed by atoms with E-state index in [-0.39, 0.29) is 10.8 Å². The summed E-state index contributed by atoms with van der Waals surface area (Å²) in [7, 11) is 0. The fraction of sp³-hybridized carbons (Fsp3) is 0.455. The third-order valence-electron chi connectivity index (χ3n) is 5.22. The second kappa shape index (κ2) is 6.13. The van der Waals surface area contributed by atoms with Crippen molar-refractivity contribution in [1.29, 1.82) is 0 Å². The Morgan fingerprint density at radius 1 is 0.696 bits per heavy atom. The predicted molar refractivity (Wildman–Crippen MR) is 98.7 cm³/mol. The molecule has 0 aliphatic heterocycles. The summed E-state index contributed by atoms with van der Waals surface area (Å²) in [5.41, 5.74) is 2.05. The van der Waals surface area contributed by atoms with Crippen LogP contribution in [0.15, 0.2) is 54.6 Å². The second-order valence-electron chi connectivity index (χ2n) is 8.14. The first kappa shape index (κ1) is 17.7. The summed E-state index contributed by atoms with van der Waals surface area (Å²) < 4.78 is 0. The van der Waals surface area contributed by atoms with Gasteiger partial charge in [0, 0.05) is 5.41 Å². The average Bonchev–Trinajstić information content (AvgIpc) is 2.54. The molecule has 0 bridgehead atoms. The smallest absolute Gasteiger partial charge is 0.120 e. The van der Waals surface area contributed by atoms with Gasteiger partial charge in [0.15, 0.2) is 0 Å². The zero-order valence-electron chi connectivity index (χ0n) is 15.4. The van der Waals surface area contributed by atoms with Crippen molar-refractivity contribution in [3.05, 3.63) is 71.3 Å². The minimum absolute atomic E-state index is 0.115. The molecule has 0 aromatic heterocycles. The van der Waals surface area contributed by atoms with Crippen molar-refractivity contribution in [2.45, 2.75) is 59.0 Å². The van der Waals surface area contributed by atoms with Crippen LogP contribution >= 0.6 is 0 Å². The van der Waals surface area contributed by atoms with Crippen LogP contribution in [0.3, 0.4) is 0 Å². The van der Waals surface area contributed by atoms with E-state index in [2.05, 4.69) is 65.8 Å². The molecule has 1 unspecified atom stereocenters. The summed E-state index contributed by atoms with van der Waals surface area (Å²) in [6, 6.07) is 18.5. The molecule has 2 aromatic rings.